The Morgan fingerprint density at radius 2 is 1.92 bits per heavy atom. The van der Waals surface area contributed by atoms with Crippen LogP contribution in [0.4, 0.5) is 0 Å². The number of rotatable bonds is 7. The standard InChI is InChI=1S/C17H24N4O3S/c1-22-14-5-4-13(12-15(14)23-2)16-18-17(25)21(19-16)7-3-6-20-8-10-24-11-9-20/h4-5,12H,3,6-11H2,1-2H3,(H,18,19,25). The van der Waals surface area contributed by atoms with Crippen LogP contribution in [0.25, 0.3) is 11.4 Å². The van der Waals surface area contributed by atoms with Crippen molar-refractivity contribution in [1.82, 2.24) is 19.7 Å². The van der Waals surface area contributed by atoms with Gasteiger partial charge < -0.3 is 14.2 Å². The van der Waals surface area contributed by atoms with Crippen LogP contribution in [0.15, 0.2) is 18.2 Å². The molecule has 8 heteroatoms. The van der Waals surface area contributed by atoms with Crippen LogP contribution >= 0.6 is 12.2 Å². The Bertz CT molecular complexity index is 753. The molecule has 0 aliphatic carbocycles. The van der Waals surface area contributed by atoms with Crippen molar-refractivity contribution in [3.05, 3.63) is 23.0 Å². The van der Waals surface area contributed by atoms with E-state index in [1.165, 1.54) is 0 Å². The number of benzene rings is 1. The second kappa shape index (κ2) is 8.46. The molecule has 3 rings (SSSR count). The van der Waals surface area contributed by atoms with Crippen LogP contribution in [0.2, 0.25) is 0 Å². The third kappa shape index (κ3) is 4.39. The zero-order chi connectivity index (χ0) is 17.6. The van der Waals surface area contributed by atoms with E-state index in [4.69, 9.17) is 26.4 Å². The van der Waals surface area contributed by atoms with E-state index in [0.717, 1.165) is 57.2 Å². The van der Waals surface area contributed by atoms with Crippen molar-refractivity contribution in [2.45, 2.75) is 13.0 Å². The topological polar surface area (TPSA) is 64.5 Å². The van der Waals surface area contributed by atoms with Gasteiger partial charge >= 0.3 is 0 Å². The van der Waals surface area contributed by atoms with Gasteiger partial charge in [-0.1, -0.05) is 0 Å². The van der Waals surface area contributed by atoms with Crippen molar-refractivity contribution < 1.29 is 14.2 Å². The molecule has 136 valence electrons. The molecule has 0 radical (unpaired) electrons. The van der Waals surface area contributed by atoms with E-state index in [1.807, 2.05) is 22.9 Å². The van der Waals surface area contributed by atoms with Crippen molar-refractivity contribution in [3.63, 3.8) is 0 Å². The highest BCUT2D eigenvalue weighted by Crippen LogP contribution is 2.30. The molecule has 1 aromatic carbocycles. The number of aromatic amines is 1. The van der Waals surface area contributed by atoms with Crippen LogP contribution in [0.1, 0.15) is 6.42 Å². The van der Waals surface area contributed by atoms with Crippen molar-refractivity contribution in [3.8, 4) is 22.9 Å². The average molecular weight is 364 g/mol. The summed E-state index contributed by atoms with van der Waals surface area (Å²) in [4.78, 5) is 6.88. The van der Waals surface area contributed by atoms with Crippen molar-refractivity contribution in [2.24, 2.45) is 0 Å². The van der Waals surface area contributed by atoms with E-state index >= 15 is 0 Å². The van der Waals surface area contributed by atoms with Crippen LogP contribution in [0.3, 0.4) is 0 Å². The Morgan fingerprint density at radius 3 is 2.64 bits per heavy atom. The molecule has 0 saturated carbocycles. The zero-order valence-corrected chi connectivity index (χ0v) is 15.5. The smallest absolute Gasteiger partial charge is 0.216 e. The molecule has 1 aromatic heterocycles. The van der Waals surface area contributed by atoms with E-state index < -0.39 is 0 Å². The fraction of sp³-hybridized carbons (Fsp3) is 0.529. The quantitative estimate of drug-likeness (QED) is 0.761. The maximum atomic E-state index is 5.38. The highest BCUT2D eigenvalue weighted by Gasteiger charge is 2.12. The lowest BCUT2D eigenvalue weighted by Crippen LogP contribution is -2.37. The van der Waals surface area contributed by atoms with Crippen LogP contribution in [-0.4, -0.2) is 66.7 Å². The molecule has 1 N–H and O–H groups in total. The number of morpholine rings is 1. The van der Waals surface area contributed by atoms with Crippen LogP contribution in [0.5, 0.6) is 11.5 Å². The predicted octanol–water partition coefficient (Wildman–Crippen LogP) is 2.35. The third-order valence-corrected chi connectivity index (χ3v) is 4.61. The fourth-order valence-corrected chi connectivity index (χ4v) is 3.13. The van der Waals surface area contributed by atoms with Gasteiger partial charge in [0.2, 0.25) is 4.77 Å². The minimum atomic E-state index is 0.562. The molecule has 1 fully saturated rings. The monoisotopic (exact) mass is 364 g/mol. The van der Waals surface area contributed by atoms with Gasteiger partial charge in [0, 0.05) is 31.7 Å². The van der Waals surface area contributed by atoms with E-state index in [1.54, 1.807) is 14.2 Å². The first-order valence-electron chi connectivity index (χ1n) is 8.40. The molecule has 0 bridgehead atoms. The lowest BCUT2D eigenvalue weighted by molar-refractivity contribution is 0.0368. The minimum absolute atomic E-state index is 0.562. The van der Waals surface area contributed by atoms with Crippen LogP contribution in [-0.2, 0) is 11.3 Å². The summed E-state index contributed by atoms with van der Waals surface area (Å²) in [6, 6.07) is 5.69. The van der Waals surface area contributed by atoms with E-state index in [0.29, 0.717) is 16.3 Å². The Hall–Kier alpha value is -1.90. The van der Waals surface area contributed by atoms with Gasteiger partial charge in [0.15, 0.2) is 17.3 Å². The summed E-state index contributed by atoms with van der Waals surface area (Å²) in [7, 11) is 3.24. The van der Waals surface area contributed by atoms with E-state index in [-0.39, 0.29) is 0 Å². The van der Waals surface area contributed by atoms with Gasteiger partial charge in [-0.25, -0.2) is 0 Å². The number of aromatic nitrogens is 3. The molecule has 0 spiro atoms. The Balaban J connectivity index is 1.66. The lowest BCUT2D eigenvalue weighted by Gasteiger charge is -2.26. The van der Waals surface area contributed by atoms with Crippen LogP contribution < -0.4 is 9.47 Å². The summed E-state index contributed by atoms with van der Waals surface area (Å²) >= 11 is 5.38. The highest BCUT2D eigenvalue weighted by molar-refractivity contribution is 7.71. The molecule has 0 unspecified atom stereocenters. The summed E-state index contributed by atoms with van der Waals surface area (Å²) in [5.74, 6) is 2.09. The summed E-state index contributed by atoms with van der Waals surface area (Å²) in [6.07, 6.45) is 1.02. The van der Waals surface area contributed by atoms with Gasteiger partial charge in [-0.05, 0) is 36.8 Å². The average Bonchev–Trinajstić information content (AvgIpc) is 3.03. The Morgan fingerprint density at radius 1 is 1.16 bits per heavy atom. The minimum Gasteiger partial charge on any atom is -0.493 e. The molecule has 1 aliphatic rings. The van der Waals surface area contributed by atoms with Crippen LogP contribution in [0, 0.1) is 4.77 Å². The van der Waals surface area contributed by atoms with Gasteiger partial charge in [-0.15, -0.1) is 0 Å². The maximum Gasteiger partial charge on any atom is 0.216 e. The molecule has 7 nitrogen and oxygen atoms in total. The summed E-state index contributed by atoms with van der Waals surface area (Å²) in [5, 5.41) is 3.29. The number of hydrogen-bond donors (Lipinski definition) is 1. The summed E-state index contributed by atoms with van der Waals surface area (Å²) in [5.41, 5.74) is 0.913. The first kappa shape index (κ1) is 17.9. The number of methoxy groups -OCH3 is 2. The van der Waals surface area contributed by atoms with Gasteiger partial charge in [-0.2, -0.15) is 4.98 Å². The second-order valence-electron chi connectivity index (χ2n) is 5.88. The number of nitrogens with zero attached hydrogens (tertiary/aromatic N) is 3. The van der Waals surface area contributed by atoms with E-state index in [9.17, 15) is 0 Å². The molecule has 1 aliphatic heterocycles. The normalized spacial score (nSPS) is 15.3. The Kier molecular flexibility index (Phi) is 6.06. The molecular weight excluding hydrogens is 340 g/mol. The van der Waals surface area contributed by atoms with Gasteiger partial charge in [0.25, 0.3) is 0 Å². The molecule has 1 saturated heterocycles. The first-order chi connectivity index (χ1) is 12.2. The number of nitrogens with one attached hydrogen (secondary N) is 1. The van der Waals surface area contributed by atoms with E-state index in [2.05, 4.69) is 15.0 Å². The summed E-state index contributed by atoms with van der Waals surface area (Å²) in [6.45, 7) is 5.52. The largest absolute Gasteiger partial charge is 0.493 e. The molecular formula is C17H24N4O3S. The van der Waals surface area contributed by atoms with Gasteiger partial charge in [0.05, 0.1) is 27.4 Å². The number of hydrogen-bond acceptors (Lipinski definition) is 6. The molecule has 2 aromatic rings. The SMILES string of the molecule is COc1ccc(-c2nc(=S)n(CCCN3CCOCC3)[nH]2)cc1OC. The van der Waals surface area contributed by atoms with Gasteiger partial charge in [-0.3, -0.25) is 14.7 Å². The zero-order valence-electron chi connectivity index (χ0n) is 14.7. The molecule has 0 amide bonds. The predicted molar refractivity (Wildman–Crippen MR) is 97.8 cm³/mol. The summed E-state index contributed by atoms with van der Waals surface area (Å²) < 4.78 is 18.5. The number of H-pyrrole nitrogens is 1. The fourth-order valence-electron chi connectivity index (χ4n) is 2.90. The van der Waals surface area contributed by atoms with Crippen molar-refractivity contribution >= 4 is 12.2 Å². The molecule has 25 heavy (non-hydrogen) atoms. The van der Waals surface area contributed by atoms with Crippen molar-refractivity contribution in [2.75, 3.05) is 47.1 Å². The third-order valence-electron chi connectivity index (χ3n) is 4.30. The number of aryl methyl sites for hydroxylation is 1. The van der Waals surface area contributed by atoms with Gasteiger partial charge in [0.1, 0.15) is 0 Å². The Labute approximate surface area is 152 Å². The maximum absolute atomic E-state index is 5.38. The number of ether oxygens (including phenoxy) is 3. The highest BCUT2D eigenvalue weighted by atomic mass is 32.1. The molecule has 0 atom stereocenters. The van der Waals surface area contributed by atoms with Crippen molar-refractivity contribution in [1.29, 1.82) is 0 Å². The lowest BCUT2D eigenvalue weighted by atomic mass is 10.2. The molecule has 2 heterocycles. The second-order valence-corrected chi connectivity index (χ2v) is 6.25. The first-order valence-corrected chi connectivity index (χ1v) is 8.81.